The minimum Gasteiger partial charge on any atom is -0.356 e. The molecule has 0 saturated carbocycles. The van der Waals surface area contributed by atoms with Gasteiger partial charge in [0.1, 0.15) is 0 Å². The van der Waals surface area contributed by atoms with Crippen LogP contribution in [0, 0.1) is 0 Å². The molecule has 0 amide bonds. The first-order valence-electron chi connectivity index (χ1n) is 3.49. The van der Waals surface area contributed by atoms with Crippen LogP contribution < -0.4 is 0 Å². The molecule has 1 heterocycles. The minimum atomic E-state index is -0.114. The SMILES string of the molecule is COC(C)OCc1cccs1. The first-order valence-corrected chi connectivity index (χ1v) is 4.37. The summed E-state index contributed by atoms with van der Waals surface area (Å²) in [6, 6.07) is 4.06. The molecular formula is C8H12O2S. The van der Waals surface area contributed by atoms with E-state index in [0.717, 1.165) is 0 Å². The molecule has 2 nitrogen and oxygen atoms in total. The van der Waals surface area contributed by atoms with Gasteiger partial charge >= 0.3 is 0 Å². The maximum Gasteiger partial charge on any atom is 0.154 e. The molecule has 1 rings (SSSR count). The molecule has 0 aromatic carbocycles. The van der Waals surface area contributed by atoms with Gasteiger partial charge in [0.15, 0.2) is 6.29 Å². The first-order chi connectivity index (χ1) is 5.33. The molecule has 1 aromatic heterocycles. The Labute approximate surface area is 70.8 Å². The van der Waals surface area contributed by atoms with E-state index in [2.05, 4.69) is 0 Å². The lowest BCUT2D eigenvalue weighted by Crippen LogP contribution is -2.09. The van der Waals surface area contributed by atoms with Crippen LogP contribution >= 0.6 is 11.3 Å². The van der Waals surface area contributed by atoms with Crippen molar-refractivity contribution in [1.82, 2.24) is 0 Å². The van der Waals surface area contributed by atoms with Crippen molar-refractivity contribution in [1.29, 1.82) is 0 Å². The van der Waals surface area contributed by atoms with Gasteiger partial charge in [0.05, 0.1) is 6.61 Å². The molecule has 0 spiro atoms. The molecule has 1 atom stereocenters. The van der Waals surface area contributed by atoms with Gasteiger partial charge in [-0.15, -0.1) is 11.3 Å². The molecule has 0 aliphatic heterocycles. The lowest BCUT2D eigenvalue weighted by Gasteiger charge is -2.08. The molecule has 11 heavy (non-hydrogen) atoms. The largest absolute Gasteiger partial charge is 0.356 e. The lowest BCUT2D eigenvalue weighted by molar-refractivity contribution is -0.118. The second-order valence-electron chi connectivity index (χ2n) is 2.19. The molecule has 62 valence electrons. The number of methoxy groups -OCH3 is 1. The van der Waals surface area contributed by atoms with Gasteiger partial charge in [0.2, 0.25) is 0 Å². The summed E-state index contributed by atoms with van der Waals surface area (Å²) in [4.78, 5) is 1.23. The summed E-state index contributed by atoms with van der Waals surface area (Å²) in [7, 11) is 1.64. The number of rotatable bonds is 4. The van der Waals surface area contributed by atoms with Crippen LogP contribution in [0.25, 0.3) is 0 Å². The fourth-order valence-corrected chi connectivity index (χ4v) is 1.29. The average Bonchev–Trinajstić information content (AvgIpc) is 2.52. The molecule has 0 saturated heterocycles. The van der Waals surface area contributed by atoms with Crippen molar-refractivity contribution in [3.05, 3.63) is 22.4 Å². The fraction of sp³-hybridized carbons (Fsp3) is 0.500. The average molecular weight is 172 g/mol. The quantitative estimate of drug-likeness (QED) is 0.648. The van der Waals surface area contributed by atoms with Crippen LogP contribution in [0.5, 0.6) is 0 Å². The third-order valence-electron chi connectivity index (χ3n) is 1.37. The standard InChI is InChI=1S/C8H12O2S/c1-7(9-2)10-6-8-4-3-5-11-8/h3-5,7H,6H2,1-2H3. The van der Waals surface area contributed by atoms with Crippen LogP contribution in [-0.2, 0) is 16.1 Å². The van der Waals surface area contributed by atoms with Gasteiger partial charge < -0.3 is 9.47 Å². The van der Waals surface area contributed by atoms with Gasteiger partial charge in [0, 0.05) is 12.0 Å². The Hall–Kier alpha value is -0.380. The third kappa shape index (κ3) is 3.01. The molecule has 1 unspecified atom stereocenters. The molecule has 3 heteroatoms. The Kier molecular flexibility index (Phi) is 3.56. The monoisotopic (exact) mass is 172 g/mol. The van der Waals surface area contributed by atoms with Crippen LogP contribution in [0.1, 0.15) is 11.8 Å². The van der Waals surface area contributed by atoms with E-state index < -0.39 is 0 Å². The highest BCUT2D eigenvalue weighted by atomic mass is 32.1. The smallest absolute Gasteiger partial charge is 0.154 e. The predicted octanol–water partition coefficient (Wildman–Crippen LogP) is 2.26. The van der Waals surface area contributed by atoms with Crippen LogP contribution in [-0.4, -0.2) is 13.4 Å². The van der Waals surface area contributed by atoms with Gasteiger partial charge in [-0.1, -0.05) is 6.07 Å². The maximum atomic E-state index is 5.32. The van der Waals surface area contributed by atoms with E-state index in [1.165, 1.54) is 4.88 Å². The van der Waals surface area contributed by atoms with Gasteiger partial charge in [0.25, 0.3) is 0 Å². The fourth-order valence-electron chi connectivity index (χ4n) is 0.662. The Morgan fingerprint density at radius 2 is 2.45 bits per heavy atom. The normalized spacial score (nSPS) is 13.3. The van der Waals surface area contributed by atoms with Crippen molar-refractivity contribution in [3.63, 3.8) is 0 Å². The summed E-state index contributed by atoms with van der Waals surface area (Å²) in [5.74, 6) is 0. The minimum absolute atomic E-state index is 0.114. The van der Waals surface area contributed by atoms with E-state index in [1.807, 2.05) is 24.4 Å². The molecule has 0 bridgehead atoms. The van der Waals surface area contributed by atoms with Gasteiger partial charge in [-0.25, -0.2) is 0 Å². The van der Waals surface area contributed by atoms with Crippen molar-refractivity contribution < 1.29 is 9.47 Å². The summed E-state index contributed by atoms with van der Waals surface area (Å²) in [6.07, 6.45) is -0.114. The van der Waals surface area contributed by atoms with Crippen molar-refractivity contribution in [3.8, 4) is 0 Å². The lowest BCUT2D eigenvalue weighted by atomic mass is 10.5. The highest BCUT2D eigenvalue weighted by molar-refractivity contribution is 7.09. The Balaban J connectivity index is 2.23. The first kappa shape index (κ1) is 8.71. The Bertz CT molecular complexity index is 184. The summed E-state index contributed by atoms with van der Waals surface area (Å²) in [5, 5.41) is 2.04. The molecule has 0 aliphatic carbocycles. The number of hydrogen-bond acceptors (Lipinski definition) is 3. The molecule has 0 radical (unpaired) electrons. The van der Waals surface area contributed by atoms with E-state index in [9.17, 15) is 0 Å². The summed E-state index contributed by atoms with van der Waals surface area (Å²) < 4.78 is 10.3. The zero-order valence-corrected chi connectivity index (χ0v) is 7.56. The second kappa shape index (κ2) is 4.49. The Morgan fingerprint density at radius 1 is 1.64 bits per heavy atom. The van der Waals surface area contributed by atoms with E-state index in [1.54, 1.807) is 18.4 Å². The van der Waals surface area contributed by atoms with E-state index in [0.29, 0.717) is 6.61 Å². The van der Waals surface area contributed by atoms with Crippen molar-refractivity contribution in [2.45, 2.75) is 19.8 Å². The van der Waals surface area contributed by atoms with Crippen LogP contribution in [0.2, 0.25) is 0 Å². The molecule has 1 aromatic rings. The van der Waals surface area contributed by atoms with Crippen LogP contribution in [0.3, 0.4) is 0 Å². The van der Waals surface area contributed by atoms with Crippen LogP contribution in [0.15, 0.2) is 17.5 Å². The predicted molar refractivity (Wildman–Crippen MR) is 45.6 cm³/mol. The maximum absolute atomic E-state index is 5.32. The zero-order valence-electron chi connectivity index (χ0n) is 6.74. The van der Waals surface area contributed by atoms with Gasteiger partial charge in [-0.05, 0) is 18.4 Å². The summed E-state index contributed by atoms with van der Waals surface area (Å²) in [5.41, 5.74) is 0. The topological polar surface area (TPSA) is 18.5 Å². The molecule has 0 N–H and O–H groups in total. The number of ether oxygens (including phenoxy) is 2. The summed E-state index contributed by atoms with van der Waals surface area (Å²) >= 11 is 1.69. The highest BCUT2D eigenvalue weighted by Gasteiger charge is 1.99. The Morgan fingerprint density at radius 3 is 3.00 bits per heavy atom. The molecular weight excluding hydrogens is 160 g/mol. The van der Waals surface area contributed by atoms with Crippen molar-refractivity contribution in [2.75, 3.05) is 7.11 Å². The molecule has 0 aliphatic rings. The third-order valence-corrected chi connectivity index (χ3v) is 2.22. The highest BCUT2D eigenvalue weighted by Crippen LogP contribution is 2.10. The number of hydrogen-bond donors (Lipinski definition) is 0. The summed E-state index contributed by atoms with van der Waals surface area (Å²) in [6.45, 7) is 2.53. The van der Waals surface area contributed by atoms with E-state index in [-0.39, 0.29) is 6.29 Å². The van der Waals surface area contributed by atoms with Crippen molar-refractivity contribution >= 4 is 11.3 Å². The van der Waals surface area contributed by atoms with Gasteiger partial charge in [-0.3, -0.25) is 0 Å². The zero-order chi connectivity index (χ0) is 8.10. The van der Waals surface area contributed by atoms with Crippen molar-refractivity contribution in [2.24, 2.45) is 0 Å². The van der Waals surface area contributed by atoms with Crippen LogP contribution in [0.4, 0.5) is 0 Å². The molecule has 0 fully saturated rings. The van der Waals surface area contributed by atoms with E-state index >= 15 is 0 Å². The van der Waals surface area contributed by atoms with E-state index in [4.69, 9.17) is 9.47 Å². The second-order valence-corrected chi connectivity index (χ2v) is 3.23. The van der Waals surface area contributed by atoms with Gasteiger partial charge in [-0.2, -0.15) is 0 Å². The number of thiophene rings is 1.